The van der Waals surface area contributed by atoms with Gasteiger partial charge in [-0.2, -0.15) is 0 Å². The van der Waals surface area contributed by atoms with E-state index in [1.165, 1.54) is 0 Å². The maximum absolute atomic E-state index is 11.9. The molecule has 0 saturated carbocycles. The van der Waals surface area contributed by atoms with E-state index in [4.69, 9.17) is 4.74 Å². The van der Waals surface area contributed by atoms with E-state index in [0.717, 1.165) is 4.47 Å². The fourth-order valence-corrected chi connectivity index (χ4v) is 2.46. The largest absolute Gasteiger partial charge is 0.496 e. The summed E-state index contributed by atoms with van der Waals surface area (Å²) in [5.74, 6) is 0.545. The average Bonchev–Trinajstić information content (AvgIpc) is 2.38. The standard InChI is InChI=1S/C13H18BrNO3S/c1-9(19(3)17)6-7-15-13(16)10-4-5-12(18-2)11(14)8-10/h4-5,8-9H,6-7H2,1-3H3,(H,15,16). The molecule has 1 aromatic rings. The molecule has 0 saturated heterocycles. The molecule has 1 rings (SSSR count). The third-order valence-electron chi connectivity index (χ3n) is 2.82. The van der Waals surface area contributed by atoms with E-state index >= 15 is 0 Å². The van der Waals surface area contributed by atoms with Crippen LogP contribution >= 0.6 is 15.9 Å². The summed E-state index contributed by atoms with van der Waals surface area (Å²) >= 11 is 3.34. The number of halogens is 1. The van der Waals surface area contributed by atoms with Gasteiger partial charge in [0, 0.05) is 34.4 Å². The monoisotopic (exact) mass is 347 g/mol. The molecule has 0 bridgehead atoms. The van der Waals surface area contributed by atoms with Crippen molar-refractivity contribution in [3.05, 3.63) is 28.2 Å². The summed E-state index contributed by atoms with van der Waals surface area (Å²) in [6.45, 7) is 2.43. The Morgan fingerprint density at radius 3 is 2.74 bits per heavy atom. The van der Waals surface area contributed by atoms with Crippen LogP contribution in [0.4, 0.5) is 0 Å². The molecule has 1 amide bonds. The molecule has 0 aliphatic carbocycles. The molecule has 1 aromatic carbocycles. The quantitative estimate of drug-likeness (QED) is 0.859. The molecule has 2 unspecified atom stereocenters. The van der Waals surface area contributed by atoms with Crippen molar-refractivity contribution in [1.82, 2.24) is 5.32 Å². The summed E-state index contributed by atoms with van der Waals surface area (Å²) in [5, 5.41) is 2.90. The van der Waals surface area contributed by atoms with Gasteiger partial charge in [-0.15, -0.1) is 0 Å². The number of amides is 1. The molecule has 0 fully saturated rings. The second-order valence-corrected chi connectivity index (χ2v) is 6.86. The van der Waals surface area contributed by atoms with Crippen molar-refractivity contribution in [1.29, 1.82) is 0 Å². The van der Waals surface area contributed by atoms with Crippen LogP contribution in [0.1, 0.15) is 23.7 Å². The second-order valence-electron chi connectivity index (χ2n) is 4.20. The zero-order valence-electron chi connectivity index (χ0n) is 11.2. The molecule has 0 aromatic heterocycles. The molecule has 0 heterocycles. The smallest absolute Gasteiger partial charge is 0.251 e. The summed E-state index contributed by atoms with van der Waals surface area (Å²) in [6, 6.07) is 5.17. The van der Waals surface area contributed by atoms with Gasteiger partial charge in [0.25, 0.3) is 5.91 Å². The zero-order chi connectivity index (χ0) is 14.4. The minimum Gasteiger partial charge on any atom is -0.496 e. The van der Waals surface area contributed by atoms with Crippen LogP contribution in [-0.4, -0.2) is 35.3 Å². The maximum Gasteiger partial charge on any atom is 0.251 e. The van der Waals surface area contributed by atoms with Crippen molar-refractivity contribution in [3.63, 3.8) is 0 Å². The summed E-state index contributed by atoms with van der Waals surface area (Å²) < 4.78 is 17.0. The molecule has 0 spiro atoms. The van der Waals surface area contributed by atoms with Crippen LogP contribution in [-0.2, 0) is 10.8 Å². The maximum atomic E-state index is 11.9. The van der Waals surface area contributed by atoms with Crippen LogP contribution in [0, 0.1) is 0 Å². The number of ether oxygens (including phenoxy) is 1. The summed E-state index contributed by atoms with van der Waals surface area (Å²) in [4.78, 5) is 11.9. The third kappa shape index (κ3) is 4.95. The van der Waals surface area contributed by atoms with Crippen LogP contribution in [0.15, 0.2) is 22.7 Å². The first-order valence-electron chi connectivity index (χ1n) is 5.89. The molecular formula is C13H18BrNO3S. The van der Waals surface area contributed by atoms with E-state index in [-0.39, 0.29) is 11.2 Å². The van der Waals surface area contributed by atoms with E-state index in [0.29, 0.717) is 24.3 Å². The van der Waals surface area contributed by atoms with E-state index < -0.39 is 10.8 Å². The molecule has 0 radical (unpaired) electrons. The number of carbonyl (C=O) groups excluding carboxylic acids is 1. The van der Waals surface area contributed by atoms with Gasteiger partial charge in [0.05, 0.1) is 11.6 Å². The van der Waals surface area contributed by atoms with E-state index in [9.17, 15) is 9.00 Å². The number of hydrogen-bond acceptors (Lipinski definition) is 3. The lowest BCUT2D eigenvalue weighted by Crippen LogP contribution is -2.27. The molecule has 106 valence electrons. The minimum atomic E-state index is -0.853. The Kier molecular flexibility index (Phi) is 6.51. The van der Waals surface area contributed by atoms with Crippen molar-refractivity contribution >= 4 is 32.6 Å². The van der Waals surface area contributed by atoms with Gasteiger partial charge >= 0.3 is 0 Å². The molecular weight excluding hydrogens is 330 g/mol. The van der Waals surface area contributed by atoms with Crippen molar-refractivity contribution in [2.24, 2.45) is 0 Å². The molecule has 2 atom stereocenters. The molecule has 6 heteroatoms. The number of carbonyl (C=O) groups is 1. The second kappa shape index (κ2) is 7.65. The first-order valence-corrected chi connectivity index (χ1v) is 8.31. The number of benzene rings is 1. The Bertz CT molecular complexity index is 479. The Morgan fingerprint density at radius 2 is 2.21 bits per heavy atom. The van der Waals surface area contributed by atoms with Gasteiger partial charge in [0.2, 0.25) is 0 Å². The lowest BCUT2D eigenvalue weighted by molar-refractivity contribution is 0.0953. The fourth-order valence-electron chi connectivity index (χ4n) is 1.46. The highest BCUT2D eigenvalue weighted by Gasteiger charge is 2.10. The third-order valence-corrected chi connectivity index (χ3v) is 4.81. The molecule has 1 N–H and O–H groups in total. The normalized spacial score (nSPS) is 13.7. The van der Waals surface area contributed by atoms with Gasteiger partial charge < -0.3 is 10.1 Å². The minimum absolute atomic E-state index is 0.0860. The molecule has 19 heavy (non-hydrogen) atoms. The van der Waals surface area contributed by atoms with Crippen LogP contribution in [0.3, 0.4) is 0 Å². The van der Waals surface area contributed by atoms with Crippen molar-refractivity contribution in [2.75, 3.05) is 19.9 Å². The van der Waals surface area contributed by atoms with Crippen LogP contribution in [0.2, 0.25) is 0 Å². The van der Waals surface area contributed by atoms with Gasteiger partial charge in [-0.3, -0.25) is 9.00 Å². The first-order chi connectivity index (χ1) is 8.95. The highest BCUT2D eigenvalue weighted by molar-refractivity contribution is 9.10. The van der Waals surface area contributed by atoms with E-state index in [2.05, 4.69) is 21.2 Å². The van der Waals surface area contributed by atoms with Gasteiger partial charge in [-0.25, -0.2) is 0 Å². The highest BCUT2D eigenvalue weighted by Crippen LogP contribution is 2.25. The first kappa shape index (κ1) is 16.2. The Hall–Kier alpha value is -0.880. The van der Waals surface area contributed by atoms with Gasteiger partial charge in [0.1, 0.15) is 5.75 Å². The predicted octanol–water partition coefficient (Wildman–Crippen LogP) is 2.34. The summed E-state index contributed by atoms with van der Waals surface area (Å²) in [7, 11) is 0.723. The molecule has 4 nitrogen and oxygen atoms in total. The zero-order valence-corrected chi connectivity index (χ0v) is 13.6. The predicted molar refractivity (Wildman–Crippen MR) is 81.2 cm³/mol. The highest BCUT2D eigenvalue weighted by atomic mass is 79.9. The molecule has 0 aliphatic rings. The SMILES string of the molecule is COc1ccc(C(=O)NCCC(C)S(C)=O)cc1Br. The van der Waals surface area contributed by atoms with Gasteiger partial charge in [0.15, 0.2) is 0 Å². The van der Waals surface area contributed by atoms with Crippen molar-refractivity contribution in [3.8, 4) is 5.75 Å². The van der Waals surface area contributed by atoms with Crippen LogP contribution < -0.4 is 10.1 Å². The Labute approximate surface area is 124 Å². The summed E-state index contributed by atoms with van der Waals surface area (Å²) in [6.07, 6.45) is 2.37. The van der Waals surface area contributed by atoms with Crippen molar-refractivity contribution in [2.45, 2.75) is 18.6 Å². The number of hydrogen-bond donors (Lipinski definition) is 1. The lowest BCUT2D eigenvalue weighted by Gasteiger charge is -2.10. The van der Waals surface area contributed by atoms with Crippen LogP contribution in [0.25, 0.3) is 0 Å². The lowest BCUT2D eigenvalue weighted by atomic mass is 10.2. The average molecular weight is 348 g/mol. The summed E-state index contributed by atoms with van der Waals surface area (Å²) in [5.41, 5.74) is 0.568. The molecule has 0 aliphatic heterocycles. The Morgan fingerprint density at radius 1 is 1.53 bits per heavy atom. The van der Waals surface area contributed by atoms with Crippen molar-refractivity contribution < 1.29 is 13.7 Å². The number of methoxy groups -OCH3 is 1. The van der Waals surface area contributed by atoms with E-state index in [1.54, 1.807) is 31.6 Å². The number of rotatable bonds is 6. The number of nitrogens with one attached hydrogen (secondary N) is 1. The van der Waals surface area contributed by atoms with Gasteiger partial charge in [-0.1, -0.05) is 6.92 Å². The topological polar surface area (TPSA) is 55.4 Å². The van der Waals surface area contributed by atoms with Gasteiger partial charge in [-0.05, 0) is 40.5 Å². The fraction of sp³-hybridized carbons (Fsp3) is 0.462. The van der Waals surface area contributed by atoms with E-state index in [1.807, 2.05) is 6.92 Å². The van der Waals surface area contributed by atoms with Crippen LogP contribution in [0.5, 0.6) is 5.75 Å². The Balaban J connectivity index is 2.54.